The molecule has 0 saturated heterocycles. The zero-order valence-electron chi connectivity index (χ0n) is 13.7. The molecular weight excluding hydrogens is 320 g/mol. The molecule has 0 fully saturated rings. The number of oxazole rings is 1. The summed E-state index contributed by atoms with van der Waals surface area (Å²) in [6.45, 7) is 4.23. The van der Waals surface area contributed by atoms with Crippen LogP contribution in [-0.4, -0.2) is 10.9 Å². The lowest BCUT2D eigenvalue weighted by molar-refractivity contribution is -0.117. The highest BCUT2D eigenvalue weighted by Crippen LogP contribution is 2.24. The number of hydrogen-bond acceptors (Lipinski definition) is 4. The van der Waals surface area contributed by atoms with Crippen LogP contribution in [0.2, 0.25) is 0 Å². The Hall–Kier alpha value is -2.40. The predicted molar refractivity (Wildman–Crippen MR) is 97.7 cm³/mol. The van der Waals surface area contributed by atoms with Gasteiger partial charge in [-0.25, -0.2) is 4.98 Å². The van der Waals surface area contributed by atoms with Crippen molar-refractivity contribution in [2.75, 3.05) is 0 Å². The fourth-order valence-corrected chi connectivity index (χ4v) is 3.11. The van der Waals surface area contributed by atoms with Gasteiger partial charge < -0.3 is 9.73 Å². The van der Waals surface area contributed by atoms with Gasteiger partial charge in [-0.05, 0) is 42.0 Å². The van der Waals surface area contributed by atoms with Crippen molar-refractivity contribution in [3.05, 3.63) is 58.6 Å². The van der Waals surface area contributed by atoms with Gasteiger partial charge in [0.15, 0.2) is 5.58 Å². The molecule has 0 aliphatic rings. The first-order valence-corrected chi connectivity index (χ1v) is 8.87. The number of fused-ring (bicyclic) bond motifs is 1. The van der Waals surface area contributed by atoms with Gasteiger partial charge in [0.25, 0.3) is 0 Å². The molecule has 0 spiro atoms. The van der Waals surface area contributed by atoms with E-state index in [0.717, 1.165) is 22.4 Å². The summed E-state index contributed by atoms with van der Waals surface area (Å²) in [7, 11) is 0. The molecule has 1 atom stereocenters. The predicted octanol–water partition coefficient (Wildman–Crippen LogP) is 4.81. The summed E-state index contributed by atoms with van der Waals surface area (Å²) in [5, 5.41) is 4.99. The SMILES string of the molecule is CC(C)C[C@@H](NC(=O)/C=C/c1cccs1)c1nc2ccccc2o1. The van der Waals surface area contributed by atoms with Crippen LogP contribution < -0.4 is 5.32 Å². The number of nitrogens with zero attached hydrogens (tertiary/aromatic N) is 1. The molecule has 5 heteroatoms. The number of rotatable bonds is 6. The zero-order valence-corrected chi connectivity index (χ0v) is 14.5. The summed E-state index contributed by atoms with van der Waals surface area (Å²) in [6.07, 6.45) is 4.14. The third kappa shape index (κ3) is 4.11. The van der Waals surface area contributed by atoms with Crippen molar-refractivity contribution in [1.82, 2.24) is 10.3 Å². The maximum absolute atomic E-state index is 12.3. The van der Waals surface area contributed by atoms with Crippen LogP contribution in [0.4, 0.5) is 0 Å². The molecule has 0 unspecified atom stereocenters. The summed E-state index contributed by atoms with van der Waals surface area (Å²) >= 11 is 1.60. The van der Waals surface area contributed by atoms with E-state index in [-0.39, 0.29) is 11.9 Å². The number of carbonyl (C=O) groups is 1. The Labute approximate surface area is 145 Å². The molecule has 0 aliphatic carbocycles. The van der Waals surface area contributed by atoms with Gasteiger partial charge in [-0.2, -0.15) is 0 Å². The fraction of sp³-hybridized carbons (Fsp3) is 0.263. The van der Waals surface area contributed by atoms with Gasteiger partial charge in [0.05, 0.1) is 0 Å². The molecule has 2 aromatic heterocycles. The van der Waals surface area contributed by atoms with Crippen molar-refractivity contribution in [3.8, 4) is 0 Å². The van der Waals surface area contributed by atoms with E-state index in [0.29, 0.717) is 11.8 Å². The largest absolute Gasteiger partial charge is 0.438 e. The van der Waals surface area contributed by atoms with Crippen LogP contribution in [0, 0.1) is 5.92 Å². The zero-order chi connectivity index (χ0) is 16.9. The smallest absolute Gasteiger partial charge is 0.244 e. The number of amides is 1. The van der Waals surface area contributed by atoms with Gasteiger partial charge in [0, 0.05) is 11.0 Å². The minimum absolute atomic E-state index is 0.142. The normalized spacial score (nSPS) is 13.0. The lowest BCUT2D eigenvalue weighted by Gasteiger charge is -2.16. The third-order valence-corrected chi connectivity index (χ3v) is 4.41. The van der Waals surface area contributed by atoms with Crippen molar-refractivity contribution in [2.45, 2.75) is 26.3 Å². The second kappa shape index (κ2) is 7.45. The summed E-state index contributed by atoms with van der Waals surface area (Å²) in [5.74, 6) is 0.825. The molecule has 124 valence electrons. The lowest BCUT2D eigenvalue weighted by atomic mass is 10.0. The topological polar surface area (TPSA) is 55.1 Å². The van der Waals surface area contributed by atoms with E-state index in [1.54, 1.807) is 17.4 Å². The Kier molecular flexibility index (Phi) is 5.11. The van der Waals surface area contributed by atoms with E-state index < -0.39 is 0 Å². The summed E-state index contributed by atoms with van der Waals surface area (Å²) < 4.78 is 5.83. The molecule has 3 aromatic rings. The number of para-hydroxylation sites is 2. The van der Waals surface area contributed by atoms with Crippen LogP contribution >= 0.6 is 11.3 Å². The van der Waals surface area contributed by atoms with Crippen molar-refractivity contribution >= 4 is 34.4 Å². The molecule has 0 radical (unpaired) electrons. The number of benzene rings is 1. The number of carbonyl (C=O) groups excluding carboxylic acids is 1. The molecule has 2 heterocycles. The van der Waals surface area contributed by atoms with Crippen molar-refractivity contribution < 1.29 is 9.21 Å². The standard InChI is InChI=1S/C19H20N2O2S/c1-13(2)12-16(19-21-15-7-3-4-8-17(15)23-19)20-18(22)10-9-14-6-5-11-24-14/h3-11,13,16H,12H2,1-2H3,(H,20,22)/b10-9+/t16-/m1/s1. The fourth-order valence-electron chi connectivity index (χ4n) is 2.50. The van der Waals surface area contributed by atoms with Gasteiger partial charge in [-0.3, -0.25) is 4.79 Å². The molecule has 1 N–H and O–H groups in total. The first-order valence-electron chi connectivity index (χ1n) is 7.99. The second-order valence-electron chi connectivity index (χ2n) is 6.06. The minimum atomic E-state index is -0.238. The van der Waals surface area contributed by atoms with Crippen molar-refractivity contribution in [2.24, 2.45) is 5.92 Å². The monoisotopic (exact) mass is 340 g/mol. The Morgan fingerprint density at radius 3 is 2.83 bits per heavy atom. The van der Waals surface area contributed by atoms with Crippen LogP contribution in [0.5, 0.6) is 0 Å². The Morgan fingerprint density at radius 1 is 1.29 bits per heavy atom. The van der Waals surface area contributed by atoms with E-state index in [2.05, 4.69) is 24.1 Å². The first kappa shape index (κ1) is 16.5. The summed E-state index contributed by atoms with van der Waals surface area (Å²) in [6, 6.07) is 11.3. The van der Waals surface area contributed by atoms with Gasteiger partial charge >= 0.3 is 0 Å². The first-order chi connectivity index (χ1) is 11.6. The van der Waals surface area contributed by atoms with Gasteiger partial charge in [0.2, 0.25) is 11.8 Å². The van der Waals surface area contributed by atoms with Crippen LogP contribution in [0.3, 0.4) is 0 Å². The van der Waals surface area contributed by atoms with Crippen LogP contribution in [-0.2, 0) is 4.79 Å². The van der Waals surface area contributed by atoms with Gasteiger partial charge in [-0.1, -0.05) is 32.0 Å². The van der Waals surface area contributed by atoms with Crippen LogP contribution in [0.15, 0.2) is 52.3 Å². The molecule has 1 amide bonds. The van der Waals surface area contributed by atoms with Crippen molar-refractivity contribution in [3.63, 3.8) is 0 Å². The Balaban J connectivity index is 1.77. The lowest BCUT2D eigenvalue weighted by Crippen LogP contribution is -2.28. The quantitative estimate of drug-likeness (QED) is 0.655. The molecule has 0 saturated carbocycles. The molecule has 1 aromatic carbocycles. The Morgan fingerprint density at radius 2 is 2.12 bits per heavy atom. The average Bonchev–Trinajstić information content (AvgIpc) is 3.21. The summed E-state index contributed by atoms with van der Waals surface area (Å²) in [5.41, 5.74) is 1.55. The minimum Gasteiger partial charge on any atom is -0.438 e. The average molecular weight is 340 g/mol. The van der Waals surface area contributed by atoms with Gasteiger partial charge in [-0.15, -0.1) is 11.3 Å². The third-order valence-electron chi connectivity index (χ3n) is 3.57. The van der Waals surface area contributed by atoms with Gasteiger partial charge in [0.1, 0.15) is 11.6 Å². The van der Waals surface area contributed by atoms with E-state index in [1.165, 1.54) is 0 Å². The number of nitrogens with one attached hydrogen (secondary N) is 1. The molecule has 24 heavy (non-hydrogen) atoms. The van der Waals surface area contributed by atoms with E-state index in [9.17, 15) is 4.79 Å². The molecule has 0 bridgehead atoms. The van der Waals surface area contributed by atoms with Crippen molar-refractivity contribution in [1.29, 1.82) is 0 Å². The second-order valence-corrected chi connectivity index (χ2v) is 7.04. The number of aromatic nitrogens is 1. The summed E-state index contributed by atoms with van der Waals surface area (Å²) in [4.78, 5) is 17.8. The van der Waals surface area contributed by atoms with E-state index in [1.807, 2.05) is 47.9 Å². The molecular formula is C19H20N2O2S. The molecule has 0 aliphatic heterocycles. The number of thiophene rings is 1. The maximum atomic E-state index is 12.3. The molecule has 3 rings (SSSR count). The van der Waals surface area contributed by atoms with E-state index in [4.69, 9.17) is 4.42 Å². The highest BCUT2D eigenvalue weighted by Gasteiger charge is 2.20. The highest BCUT2D eigenvalue weighted by molar-refractivity contribution is 7.10. The highest BCUT2D eigenvalue weighted by atomic mass is 32.1. The van der Waals surface area contributed by atoms with Crippen LogP contribution in [0.25, 0.3) is 17.2 Å². The Bertz CT molecular complexity index is 801. The van der Waals surface area contributed by atoms with Crippen LogP contribution in [0.1, 0.15) is 37.1 Å². The molecule has 4 nitrogen and oxygen atoms in total. The maximum Gasteiger partial charge on any atom is 0.244 e. The van der Waals surface area contributed by atoms with E-state index >= 15 is 0 Å². The number of hydrogen-bond donors (Lipinski definition) is 1.